The lowest BCUT2D eigenvalue weighted by atomic mass is 9.90. The minimum absolute atomic E-state index is 0.331. The highest BCUT2D eigenvalue weighted by atomic mass is 16.5. The molecule has 0 aromatic heterocycles. The highest BCUT2D eigenvalue weighted by molar-refractivity contribution is 6.09. The van der Waals surface area contributed by atoms with Gasteiger partial charge < -0.3 is 15.4 Å². The van der Waals surface area contributed by atoms with Crippen LogP contribution < -0.4 is 15.4 Å². The Morgan fingerprint density at radius 3 is 1.93 bits per heavy atom. The van der Waals surface area contributed by atoms with Crippen LogP contribution in [-0.4, -0.2) is 11.8 Å². The highest BCUT2D eigenvalue weighted by Crippen LogP contribution is 2.24. The molecule has 0 fully saturated rings. The summed E-state index contributed by atoms with van der Waals surface area (Å²) < 4.78 is 5.74. The predicted octanol–water partition coefficient (Wildman–Crippen LogP) is 4.76. The van der Waals surface area contributed by atoms with E-state index in [-0.39, 0.29) is 11.8 Å². The zero-order chi connectivity index (χ0) is 20.7. The van der Waals surface area contributed by atoms with E-state index in [4.69, 9.17) is 4.74 Å². The van der Waals surface area contributed by atoms with E-state index < -0.39 is 5.41 Å². The maximum absolute atomic E-state index is 12.7. The van der Waals surface area contributed by atoms with Crippen LogP contribution in [0.15, 0.2) is 84.9 Å². The third-order valence-corrected chi connectivity index (χ3v) is 4.52. The number of ether oxygens (including phenoxy) is 1. The van der Waals surface area contributed by atoms with Crippen molar-refractivity contribution in [1.82, 2.24) is 5.32 Å². The zero-order valence-electron chi connectivity index (χ0n) is 16.5. The van der Waals surface area contributed by atoms with E-state index in [0.29, 0.717) is 18.0 Å². The number of carbonyl (C=O) groups is 2. The van der Waals surface area contributed by atoms with Gasteiger partial charge in [-0.15, -0.1) is 0 Å². The first-order chi connectivity index (χ1) is 13.9. The van der Waals surface area contributed by atoms with Crippen LogP contribution in [0.3, 0.4) is 0 Å². The van der Waals surface area contributed by atoms with Crippen molar-refractivity contribution in [3.05, 3.63) is 90.5 Å². The molecule has 2 amide bonds. The van der Waals surface area contributed by atoms with Crippen molar-refractivity contribution in [1.29, 1.82) is 0 Å². The Labute approximate surface area is 170 Å². The fourth-order valence-electron chi connectivity index (χ4n) is 2.62. The van der Waals surface area contributed by atoms with Gasteiger partial charge in [-0.05, 0) is 55.8 Å². The molecule has 0 atom stereocenters. The second kappa shape index (κ2) is 9.06. The smallest absolute Gasteiger partial charge is 0.239 e. The van der Waals surface area contributed by atoms with E-state index in [1.54, 1.807) is 38.1 Å². The number of hydrogen-bond acceptors (Lipinski definition) is 3. The number of anilines is 1. The van der Waals surface area contributed by atoms with Crippen LogP contribution in [0.4, 0.5) is 5.69 Å². The van der Waals surface area contributed by atoms with Gasteiger partial charge in [0.2, 0.25) is 11.8 Å². The molecule has 0 saturated carbocycles. The van der Waals surface area contributed by atoms with E-state index >= 15 is 0 Å². The van der Waals surface area contributed by atoms with Crippen LogP contribution in [0.5, 0.6) is 11.5 Å². The quantitative estimate of drug-likeness (QED) is 0.574. The Morgan fingerprint density at radius 2 is 1.31 bits per heavy atom. The van der Waals surface area contributed by atoms with Crippen molar-refractivity contribution >= 4 is 17.5 Å². The fraction of sp³-hybridized carbons (Fsp3) is 0.167. The van der Waals surface area contributed by atoms with Crippen molar-refractivity contribution in [2.75, 3.05) is 5.32 Å². The van der Waals surface area contributed by atoms with Gasteiger partial charge in [-0.2, -0.15) is 0 Å². The monoisotopic (exact) mass is 388 g/mol. The summed E-state index contributed by atoms with van der Waals surface area (Å²) in [5.41, 5.74) is 0.360. The third kappa shape index (κ3) is 5.45. The molecule has 0 heterocycles. The topological polar surface area (TPSA) is 67.4 Å². The lowest BCUT2D eigenvalue weighted by molar-refractivity contribution is -0.138. The first-order valence-electron chi connectivity index (χ1n) is 9.42. The molecule has 0 saturated heterocycles. The van der Waals surface area contributed by atoms with Crippen LogP contribution in [0.25, 0.3) is 0 Å². The van der Waals surface area contributed by atoms with Crippen LogP contribution >= 0.6 is 0 Å². The van der Waals surface area contributed by atoms with Crippen molar-refractivity contribution in [3.8, 4) is 11.5 Å². The number of carbonyl (C=O) groups excluding carboxylic acids is 2. The fourth-order valence-corrected chi connectivity index (χ4v) is 2.62. The highest BCUT2D eigenvalue weighted by Gasteiger charge is 2.35. The number of rotatable bonds is 7. The average molecular weight is 388 g/mol. The minimum Gasteiger partial charge on any atom is -0.457 e. The summed E-state index contributed by atoms with van der Waals surface area (Å²) in [5, 5.41) is 5.62. The molecule has 0 aliphatic rings. The van der Waals surface area contributed by atoms with E-state index in [2.05, 4.69) is 10.6 Å². The van der Waals surface area contributed by atoms with E-state index in [1.165, 1.54) is 0 Å². The molecule has 148 valence electrons. The summed E-state index contributed by atoms with van der Waals surface area (Å²) in [7, 11) is 0. The second-order valence-electron chi connectivity index (χ2n) is 7.19. The summed E-state index contributed by atoms with van der Waals surface area (Å²) in [4.78, 5) is 25.2. The number of amides is 2. The molecule has 5 nitrogen and oxygen atoms in total. The molecule has 3 aromatic rings. The number of hydrogen-bond donors (Lipinski definition) is 2. The first kappa shape index (κ1) is 20.1. The van der Waals surface area contributed by atoms with Gasteiger partial charge in [0.1, 0.15) is 16.9 Å². The molecule has 3 rings (SSSR count). The number of para-hydroxylation sites is 1. The standard InChI is InChI=1S/C24H24N2O3/c1-24(2,22(27)25-17-18-9-5-3-6-10-18)23(28)26-19-13-15-21(16-14-19)29-20-11-7-4-8-12-20/h3-16H,17H2,1-2H3,(H,25,27)(H,26,28). The molecule has 0 unspecified atom stereocenters. The van der Waals surface area contributed by atoms with Gasteiger partial charge in [0.15, 0.2) is 0 Å². The average Bonchev–Trinajstić information content (AvgIpc) is 2.74. The summed E-state index contributed by atoms with van der Waals surface area (Å²) in [6.07, 6.45) is 0. The van der Waals surface area contributed by atoms with Crippen molar-refractivity contribution in [2.24, 2.45) is 5.41 Å². The van der Waals surface area contributed by atoms with Crippen molar-refractivity contribution < 1.29 is 14.3 Å². The molecule has 3 aromatic carbocycles. The third-order valence-electron chi connectivity index (χ3n) is 4.52. The molecule has 0 spiro atoms. The molecule has 29 heavy (non-hydrogen) atoms. The first-order valence-corrected chi connectivity index (χ1v) is 9.42. The molecule has 0 aliphatic heterocycles. The Balaban J connectivity index is 1.57. The zero-order valence-corrected chi connectivity index (χ0v) is 16.5. The number of nitrogens with one attached hydrogen (secondary N) is 2. The maximum Gasteiger partial charge on any atom is 0.239 e. The predicted molar refractivity (Wildman–Crippen MR) is 114 cm³/mol. The Kier molecular flexibility index (Phi) is 6.29. The lowest BCUT2D eigenvalue weighted by Crippen LogP contribution is -2.44. The van der Waals surface area contributed by atoms with E-state index in [0.717, 1.165) is 11.3 Å². The van der Waals surface area contributed by atoms with Gasteiger partial charge in [-0.3, -0.25) is 9.59 Å². The molecule has 0 bridgehead atoms. The van der Waals surface area contributed by atoms with E-state index in [1.807, 2.05) is 60.7 Å². The molecule has 0 radical (unpaired) electrons. The Morgan fingerprint density at radius 1 is 0.759 bits per heavy atom. The molecule has 0 aliphatic carbocycles. The van der Waals surface area contributed by atoms with Crippen LogP contribution in [0.2, 0.25) is 0 Å². The Bertz CT molecular complexity index is 952. The SMILES string of the molecule is CC(C)(C(=O)NCc1ccccc1)C(=O)Nc1ccc(Oc2ccccc2)cc1. The lowest BCUT2D eigenvalue weighted by Gasteiger charge is -2.23. The molecular weight excluding hydrogens is 364 g/mol. The van der Waals surface area contributed by atoms with Crippen LogP contribution in [-0.2, 0) is 16.1 Å². The van der Waals surface area contributed by atoms with Gasteiger partial charge in [-0.1, -0.05) is 48.5 Å². The van der Waals surface area contributed by atoms with Crippen molar-refractivity contribution in [3.63, 3.8) is 0 Å². The van der Waals surface area contributed by atoms with Gasteiger partial charge >= 0.3 is 0 Å². The molecule has 5 heteroatoms. The van der Waals surface area contributed by atoms with Gasteiger partial charge in [0.05, 0.1) is 0 Å². The normalized spacial score (nSPS) is 10.8. The molecular formula is C24H24N2O3. The van der Waals surface area contributed by atoms with Gasteiger partial charge in [0, 0.05) is 12.2 Å². The maximum atomic E-state index is 12.7. The second-order valence-corrected chi connectivity index (χ2v) is 7.19. The van der Waals surface area contributed by atoms with Crippen LogP contribution in [0, 0.1) is 5.41 Å². The summed E-state index contributed by atoms with van der Waals surface area (Å²) in [6, 6.07) is 26.1. The molecule has 2 N–H and O–H groups in total. The summed E-state index contributed by atoms with van der Waals surface area (Å²) >= 11 is 0. The largest absolute Gasteiger partial charge is 0.457 e. The Hall–Kier alpha value is -3.60. The summed E-state index contributed by atoms with van der Waals surface area (Å²) in [5.74, 6) is 0.692. The number of benzene rings is 3. The summed E-state index contributed by atoms with van der Waals surface area (Å²) in [6.45, 7) is 3.59. The van der Waals surface area contributed by atoms with Crippen molar-refractivity contribution in [2.45, 2.75) is 20.4 Å². The van der Waals surface area contributed by atoms with Crippen LogP contribution in [0.1, 0.15) is 19.4 Å². The van der Waals surface area contributed by atoms with E-state index in [9.17, 15) is 9.59 Å². The van der Waals surface area contributed by atoms with Gasteiger partial charge in [0.25, 0.3) is 0 Å². The minimum atomic E-state index is -1.21. The van der Waals surface area contributed by atoms with Gasteiger partial charge in [-0.25, -0.2) is 0 Å².